The molecule has 0 spiro atoms. The highest BCUT2D eigenvalue weighted by molar-refractivity contribution is 6.16. The maximum atomic E-state index is 13.5. The predicted molar refractivity (Wildman–Crippen MR) is 113 cm³/mol. The van der Waals surface area contributed by atoms with Crippen LogP contribution in [0.15, 0.2) is 59.0 Å². The molecule has 0 saturated carbocycles. The quantitative estimate of drug-likeness (QED) is 0.716. The lowest BCUT2D eigenvalue weighted by molar-refractivity contribution is -0.0450. The number of hydrogen-bond acceptors (Lipinski definition) is 4. The van der Waals surface area contributed by atoms with Crippen LogP contribution in [0.3, 0.4) is 0 Å². The van der Waals surface area contributed by atoms with Gasteiger partial charge < -0.3 is 4.90 Å². The van der Waals surface area contributed by atoms with Crippen LogP contribution in [0.25, 0.3) is 16.5 Å². The average Bonchev–Trinajstić information content (AvgIpc) is 3.16. The molecule has 0 aliphatic carbocycles. The number of aromatic nitrogens is 2. The fourth-order valence-corrected chi connectivity index (χ4v) is 4.16. The molecule has 0 amide bonds. The fraction of sp³-hybridized carbons (Fsp3) is 0.261. The molecule has 2 aromatic carbocycles. The summed E-state index contributed by atoms with van der Waals surface area (Å²) in [6.45, 7) is 5.33. The summed E-state index contributed by atoms with van der Waals surface area (Å²) in [6.07, 6.45) is 1.36. The van der Waals surface area contributed by atoms with E-state index < -0.39 is 5.92 Å². The molecule has 3 heterocycles. The molecule has 0 radical (unpaired) electrons. The second-order valence-electron chi connectivity index (χ2n) is 7.83. The van der Waals surface area contributed by atoms with E-state index in [1.54, 1.807) is 12.3 Å². The van der Waals surface area contributed by atoms with Crippen LogP contribution in [0.5, 0.6) is 0 Å². The maximum Gasteiger partial charge on any atom is 0.272 e. The number of alkyl halides is 2. The molecule has 5 rings (SSSR count). The summed E-state index contributed by atoms with van der Waals surface area (Å²) >= 11 is 0. The second kappa shape index (κ2) is 6.86. The molecule has 2 aliphatic rings. The largest absolute Gasteiger partial charge is 0.371 e. The van der Waals surface area contributed by atoms with Gasteiger partial charge in [-0.3, -0.25) is 9.79 Å². The van der Waals surface area contributed by atoms with Gasteiger partial charge in [-0.25, -0.2) is 13.9 Å². The van der Waals surface area contributed by atoms with Crippen molar-refractivity contribution >= 4 is 22.2 Å². The van der Waals surface area contributed by atoms with Crippen LogP contribution in [0.4, 0.5) is 8.78 Å². The number of piperidine rings is 1. The summed E-state index contributed by atoms with van der Waals surface area (Å²) in [6, 6.07) is 11.6. The highest BCUT2D eigenvalue weighted by atomic mass is 19.3. The minimum absolute atomic E-state index is 0.135. The topological polar surface area (TPSA) is 61.4 Å². The molecule has 0 bridgehead atoms. The lowest BCUT2D eigenvalue weighted by Gasteiger charge is -2.34. The number of aromatic amines is 1. The van der Waals surface area contributed by atoms with Crippen molar-refractivity contribution in [1.82, 2.24) is 15.1 Å². The van der Waals surface area contributed by atoms with Crippen LogP contribution in [-0.4, -0.2) is 39.8 Å². The van der Waals surface area contributed by atoms with Crippen molar-refractivity contribution in [2.24, 2.45) is 4.99 Å². The third kappa shape index (κ3) is 3.20. The number of nitrogens with one attached hydrogen (secondary N) is 1. The SMILES string of the molecule is C=C(c1ccc2c(c1)CN=C2c1ccc2c(=O)[nH]ncc2c1)N1CCC(F)(F)CC1. The molecule has 1 fully saturated rings. The summed E-state index contributed by atoms with van der Waals surface area (Å²) in [5, 5.41) is 7.66. The van der Waals surface area contributed by atoms with Gasteiger partial charge in [0.05, 0.1) is 23.8 Å². The van der Waals surface area contributed by atoms with E-state index in [1.165, 1.54) is 0 Å². The smallest absolute Gasteiger partial charge is 0.272 e. The molecule has 1 N–H and O–H groups in total. The van der Waals surface area contributed by atoms with E-state index in [1.807, 2.05) is 35.2 Å². The molecule has 0 unspecified atom stereocenters. The van der Waals surface area contributed by atoms with Gasteiger partial charge in [0.1, 0.15) is 0 Å². The first kappa shape index (κ1) is 18.7. The Labute approximate surface area is 171 Å². The molecule has 0 atom stereocenters. The molecule has 7 heteroatoms. The summed E-state index contributed by atoms with van der Waals surface area (Å²) in [5.41, 5.74) is 5.42. The van der Waals surface area contributed by atoms with Gasteiger partial charge in [0.25, 0.3) is 11.5 Å². The number of nitrogens with zero attached hydrogens (tertiary/aromatic N) is 3. The lowest BCUT2D eigenvalue weighted by atomic mass is 9.96. The first-order valence-corrected chi connectivity index (χ1v) is 9.89. The van der Waals surface area contributed by atoms with Crippen LogP contribution >= 0.6 is 0 Å². The molecule has 152 valence electrons. The number of aliphatic imine (C=N–C) groups is 1. The van der Waals surface area contributed by atoms with E-state index in [4.69, 9.17) is 4.99 Å². The van der Waals surface area contributed by atoms with E-state index in [2.05, 4.69) is 16.8 Å². The van der Waals surface area contributed by atoms with Gasteiger partial charge in [-0.05, 0) is 29.3 Å². The Morgan fingerprint density at radius 2 is 1.93 bits per heavy atom. The van der Waals surface area contributed by atoms with E-state index in [-0.39, 0.29) is 18.4 Å². The van der Waals surface area contributed by atoms with Crippen molar-refractivity contribution in [2.45, 2.75) is 25.3 Å². The van der Waals surface area contributed by atoms with Gasteiger partial charge in [0.2, 0.25) is 0 Å². The molecular formula is C23H20F2N4O. The average molecular weight is 406 g/mol. The van der Waals surface area contributed by atoms with E-state index in [0.717, 1.165) is 39.0 Å². The van der Waals surface area contributed by atoms with E-state index in [9.17, 15) is 13.6 Å². The number of halogens is 2. The van der Waals surface area contributed by atoms with Crippen molar-refractivity contribution in [3.63, 3.8) is 0 Å². The van der Waals surface area contributed by atoms with Gasteiger partial charge in [-0.15, -0.1) is 0 Å². The molecule has 30 heavy (non-hydrogen) atoms. The Balaban J connectivity index is 1.41. The zero-order valence-corrected chi connectivity index (χ0v) is 16.3. The molecule has 1 saturated heterocycles. The lowest BCUT2D eigenvalue weighted by Crippen LogP contribution is -2.38. The zero-order chi connectivity index (χ0) is 20.9. The van der Waals surface area contributed by atoms with Gasteiger partial charge in [0.15, 0.2) is 0 Å². The van der Waals surface area contributed by atoms with Gasteiger partial charge >= 0.3 is 0 Å². The summed E-state index contributed by atoms with van der Waals surface area (Å²) < 4.78 is 26.9. The predicted octanol–water partition coefficient (Wildman–Crippen LogP) is 3.98. The molecule has 2 aliphatic heterocycles. The molecular weight excluding hydrogens is 386 g/mol. The fourth-order valence-electron chi connectivity index (χ4n) is 4.16. The second-order valence-corrected chi connectivity index (χ2v) is 7.83. The summed E-state index contributed by atoms with van der Waals surface area (Å²) in [7, 11) is 0. The minimum Gasteiger partial charge on any atom is -0.371 e. The highest BCUT2D eigenvalue weighted by Gasteiger charge is 2.34. The molecule has 5 nitrogen and oxygen atoms in total. The Kier molecular flexibility index (Phi) is 4.27. The number of H-pyrrole nitrogens is 1. The Morgan fingerprint density at radius 1 is 1.13 bits per heavy atom. The molecule has 3 aromatic rings. The third-order valence-corrected chi connectivity index (χ3v) is 5.92. The van der Waals surface area contributed by atoms with Crippen molar-refractivity contribution < 1.29 is 8.78 Å². The van der Waals surface area contributed by atoms with Crippen LogP contribution in [0, 0.1) is 0 Å². The minimum atomic E-state index is -2.57. The van der Waals surface area contributed by atoms with Gasteiger partial charge in [0, 0.05) is 48.1 Å². The van der Waals surface area contributed by atoms with Gasteiger partial charge in [-0.1, -0.05) is 24.8 Å². The van der Waals surface area contributed by atoms with Crippen LogP contribution < -0.4 is 5.56 Å². The van der Waals surface area contributed by atoms with Gasteiger partial charge in [-0.2, -0.15) is 5.10 Å². The molecule has 1 aromatic heterocycles. The highest BCUT2D eigenvalue weighted by Crippen LogP contribution is 2.33. The monoisotopic (exact) mass is 406 g/mol. The van der Waals surface area contributed by atoms with Crippen LogP contribution in [0.1, 0.15) is 35.1 Å². The van der Waals surface area contributed by atoms with Crippen LogP contribution in [0.2, 0.25) is 0 Å². The van der Waals surface area contributed by atoms with E-state index >= 15 is 0 Å². The normalized spacial score (nSPS) is 17.7. The van der Waals surface area contributed by atoms with E-state index in [0.29, 0.717) is 25.0 Å². The van der Waals surface area contributed by atoms with Crippen molar-refractivity contribution in [3.8, 4) is 0 Å². The number of rotatable bonds is 3. The van der Waals surface area contributed by atoms with Crippen LogP contribution in [-0.2, 0) is 6.54 Å². The third-order valence-electron chi connectivity index (χ3n) is 5.92. The number of hydrogen-bond donors (Lipinski definition) is 1. The Morgan fingerprint density at radius 3 is 2.73 bits per heavy atom. The van der Waals surface area contributed by atoms with Crippen molar-refractivity contribution in [1.29, 1.82) is 0 Å². The maximum absolute atomic E-state index is 13.5. The zero-order valence-electron chi connectivity index (χ0n) is 16.3. The van der Waals surface area contributed by atoms with Crippen molar-refractivity contribution in [3.05, 3.63) is 81.8 Å². The Hall–Kier alpha value is -3.35. The number of fused-ring (bicyclic) bond motifs is 2. The standard InChI is InChI=1S/C23H20F2N4O/c1-14(29-8-6-23(24,25)7-9-29)15-2-4-19-17(10-15)12-26-21(19)16-3-5-20-18(11-16)13-27-28-22(20)30/h2-5,10-11,13H,1,6-9,12H2,(H,28,30). The summed E-state index contributed by atoms with van der Waals surface area (Å²) in [5.74, 6) is -2.57. The summed E-state index contributed by atoms with van der Waals surface area (Å²) in [4.78, 5) is 18.5. The first-order chi connectivity index (χ1) is 14.4. The number of benzene rings is 2. The van der Waals surface area contributed by atoms with Crippen molar-refractivity contribution in [2.75, 3.05) is 13.1 Å². The number of likely N-dealkylation sites (tertiary alicyclic amines) is 1. The first-order valence-electron chi connectivity index (χ1n) is 9.89. The Bertz CT molecular complexity index is 1250.